The van der Waals surface area contributed by atoms with Gasteiger partial charge in [-0.15, -0.1) is 0 Å². The van der Waals surface area contributed by atoms with Crippen molar-refractivity contribution in [1.82, 2.24) is 0 Å². The third-order valence-electron chi connectivity index (χ3n) is 5.23. The number of carbonyl (C=O) groups is 3. The number of ether oxygens (including phenoxy) is 5. The molecular weight excluding hydrogens is 440 g/mol. The van der Waals surface area contributed by atoms with Crippen LogP contribution in [0.5, 0.6) is 11.5 Å². The topological polar surface area (TPSA) is 97.4 Å². The van der Waals surface area contributed by atoms with E-state index in [4.69, 9.17) is 23.7 Å². The maximum Gasteiger partial charge on any atom is 0.508 e. The minimum atomic E-state index is -0.837. The van der Waals surface area contributed by atoms with Crippen molar-refractivity contribution in [2.75, 3.05) is 26.4 Å². The van der Waals surface area contributed by atoms with Gasteiger partial charge in [-0.3, -0.25) is 0 Å². The van der Waals surface area contributed by atoms with Gasteiger partial charge in [-0.25, -0.2) is 14.4 Å². The van der Waals surface area contributed by atoms with Crippen LogP contribution in [0.1, 0.15) is 12.5 Å². The van der Waals surface area contributed by atoms with Crippen LogP contribution in [0.3, 0.4) is 0 Å². The van der Waals surface area contributed by atoms with Crippen LogP contribution in [0, 0.1) is 5.41 Å². The quantitative estimate of drug-likeness (QED) is 0.291. The van der Waals surface area contributed by atoms with Gasteiger partial charge in [0.05, 0.1) is 0 Å². The summed E-state index contributed by atoms with van der Waals surface area (Å²) in [5.41, 5.74) is 2.19. The zero-order valence-corrected chi connectivity index (χ0v) is 18.9. The first kappa shape index (κ1) is 24.6. The molecular formula is C26H26O8. The average molecular weight is 466 g/mol. The highest BCUT2D eigenvalue weighted by atomic mass is 16.7. The van der Waals surface area contributed by atoms with Crippen LogP contribution in [-0.4, -0.2) is 44.5 Å². The first-order valence-electron chi connectivity index (χ1n) is 10.7. The maximum atomic E-state index is 11.5. The summed E-state index contributed by atoms with van der Waals surface area (Å²) in [6, 6.07) is 12.9. The fourth-order valence-corrected chi connectivity index (χ4v) is 3.33. The standard InChI is InChI=1S/C26H26O8/c1-4-18-13-21(11-12-22(18)19-7-9-20(10-8-19)34-24(28)6-3)30-14-26(15-31-23(27)5-2)16-32-25(29)33-17-26/h5-13H,2-4,14-17H2,1H3. The Labute approximate surface area is 197 Å². The maximum absolute atomic E-state index is 11.5. The molecule has 0 N–H and O–H groups in total. The van der Waals surface area contributed by atoms with E-state index in [0.29, 0.717) is 11.5 Å². The van der Waals surface area contributed by atoms with Crippen molar-refractivity contribution in [1.29, 1.82) is 0 Å². The summed E-state index contributed by atoms with van der Waals surface area (Å²) >= 11 is 0. The summed E-state index contributed by atoms with van der Waals surface area (Å²) in [6.45, 7) is 8.85. The Bertz CT molecular complexity index is 1060. The fourth-order valence-electron chi connectivity index (χ4n) is 3.33. The SMILES string of the molecule is C=CC(=O)OCC1(COc2ccc(-c3ccc(OC(=O)C=C)cc3)c(CC)c2)COC(=O)OC1. The van der Waals surface area contributed by atoms with Crippen molar-refractivity contribution in [2.24, 2.45) is 5.41 Å². The molecule has 8 nitrogen and oxygen atoms in total. The van der Waals surface area contributed by atoms with Crippen LogP contribution < -0.4 is 9.47 Å². The molecule has 0 bridgehead atoms. The van der Waals surface area contributed by atoms with Crippen LogP contribution in [0.15, 0.2) is 67.8 Å². The number of cyclic esters (lactones) is 2. The van der Waals surface area contributed by atoms with E-state index in [1.807, 2.05) is 37.3 Å². The molecule has 1 aliphatic heterocycles. The van der Waals surface area contributed by atoms with Crippen LogP contribution in [-0.2, 0) is 30.2 Å². The van der Waals surface area contributed by atoms with Crippen molar-refractivity contribution in [3.05, 3.63) is 73.3 Å². The Balaban J connectivity index is 1.73. The highest BCUT2D eigenvalue weighted by Gasteiger charge is 2.40. The molecule has 0 atom stereocenters. The predicted octanol–water partition coefficient (Wildman–Crippen LogP) is 4.27. The van der Waals surface area contributed by atoms with Gasteiger partial charge in [-0.1, -0.05) is 38.3 Å². The molecule has 0 radical (unpaired) electrons. The van der Waals surface area contributed by atoms with Crippen LogP contribution in [0.2, 0.25) is 0 Å². The molecule has 0 spiro atoms. The molecule has 0 saturated carbocycles. The first-order chi connectivity index (χ1) is 16.4. The Morgan fingerprint density at radius 3 is 2.24 bits per heavy atom. The van der Waals surface area contributed by atoms with E-state index in [2.05, 4.69) is 13.2 Å². The van der Waals surface area contributed by atoms with Gasteiger partial charge in [0.25, 0.3) is 0 Å². The van der Waals surface area contributed by atoms with E-state index >= 15 is 0 Å². The zero-order valence-electron chi connectivity index (χ0n) is 18.9. The van der Waals surface area contributed by atoms with Gasteiger partial charge in [0.2, 0.25) is 0 Å². The summed E-state index contributed by atoms with van der Waals surface area (Å²) in [4.78, 5) is 34.2. The highest BCUT2D eigenvalue weighted by Crippen LogP contribution is 2.31. The summed E-state index contributed by atoms with van der Waals surface area (Å²) < 4.78 is 26.3. The van der Waals surface area contributed by atoms with Crippen molar-refractivity contribution in [3.63, 3.8) is 0 Å². The molecule has 0 aromatic heterocycles. The lowest BCUT2D eigenvalue weighted by molar-refractivity contribution is -0.150. The molecule has 1 saturated heterocycles. The monoisotopic (exact) mass is 466 g/mol. The van der Waals surface area contributed by atoms with Crippen LogP contribution >= 0.6 is 0 Å². The molecule has 1 fully saturated rings. The molecule has 1 heterocycles. The molecule has 0 aliphatic carbocycles. The molecule has 178 valence electrons. The van der Waals surface area contributed by atoms with Gasteiger partial charge in [-0.2, -0.15) is 0 Å². The predicted molar refractivity (Wildman–Crippen MR) is 123 cm³/mol. The van der Waals surface area contributed by atoms with Crippen LogP contribution in [0.25, 0.3) is 11.1 Å². The van der Waals surface area contributed by atoms with E-state index in [0.717, 1.165) is 35.3 Å². The number of rotatable bonds is 10. The average Bonchev–Trinajstić information content (AvgIpc) is 2.87. The number of benzene rings is 2. The number of esters is 2. The fraction of sp³-hybridized carbons (Fsp3) is 0.269. The lowest BCUT2D eigenvalue weighted by atomic mass is 9.91. The summed E-state index contributed by atoms with van der Waals surface area (Å²) in [5.74, 6) is -0.0502. The van der Waals surface area contributed by atoms with E-state index in [9.17, 15) is 14.4 Å². The first-order valence-corrected chi connectivity index (χ1v) is 10.7. The molecule has 2 aromatic carbocycles. The highest BCUT2D eigenvalue weighted by molar-refractivity contribution is 5.83. The lowest BCUT2D eigenvalue weighted by Crippen LogP contribution is -2.47. The van der Waals surface area contributed by atoms with E-state index < -0.39 is 23.5 Å². The molecule has 1 aliphatic rings. The summed E-state index contributed by atoms with van der Waals surface area (Å²) in [5, 5.41) is 0. The van der Waals surface area contributed by atoms with Crippen molar-refractivity contribution in [3.8, 4) is 22.6 Å². The Morgan fingerprint density at radius 2 is 1.62 bits per heavy atom. The lowest BCUT2D eigenvalue weighted by Gasteiger charge is -2.34. The van der Waals surface area contributed by atoms with Gasteiger partial charge in [0.15, 0.2) is 0 Å². The van der Waals surface area contributed by atoms with Crippen LogP contribution in [0.4, 0.5) is 4.79 Å². The smallest absolute Gasteiger partial charge is 0.493 e. The van der Waals surface area contributed by atoms with Crippen molar-refractivity contribution in [2.45, 2.75) is 13.3 Å². The molecule has 34 heavy (non-hydrogen) atoms. The molecule has 2 aromatic rings. The second kappa shape index (κ2) is 11.2. The third kappa shape index (κ3) is 6.25. The van der Waals surface area contributed by atoms with E-state index in [1.165, 1.54) is 0 Å². The third-order valence-corrected chi connectivity index (χ3v) is 5.23. The largest absolute Gasteiger partial charge is 0.508 e. The zero-order chi connectivity index (χ0) is 24.6. The number of aryl methyl sites for hydroxylation is 1. The summed E-state index contributed by atoms with van der Waals surface area (Å²) in [7, 11) is 0. The minimum absolute atomic E-state index is 0.00223. The molecule has 8 heteroatoms. The van der Waals surface area contributed by atoms with Gasteiger partial charge < -0.3 is 23.7 Å². The molecule has 0 unspecified atom stereocenters. The second-order valence-electron chi connectivity index (χ2n) is 7.75. The minimum Gasteiger partial charge on any atom is -0.493 e. The number of hydrogen-bond acceptors (Lipinski definition) is 8. The van der Waals surface area contributed by atoms with E-state index in [1.54, 1.807) is 12.1 Å². The Morgan fingerprint density at radius 1 is 0.971 bits per heavy atom. The summed E-state index contributed by atoms with van der Waals surface area (Å²) in [6.07, 6.45) is 2.15. The normalized spacial score (nSPS) is 14.2. The Hall–Kier alpha value is -4.07. The van der Waals surface area contributed by atoms with Gasteiger partial charge >= 0.3 is 18.1 Å². The Kier molecular flexibility index (Phi) is 8.08. The van der Waals surface area contributed by atoms with Gasteiger partial charge in [0, 0.05) is 12.2 Å². The molecule has 3 rings (SSSR count). The number of carbonyl (C=O) groups excluding carboxylic acids is 3. The van der Waals surface area contributed by atoms with Crippen molar-refractivity contribution < 1.29 is 38.1 Å². The molecule has 0 amide bonds. The van der Waals surface area contributed by atoms with E-state index in [-0.39, 0.29) is 26.4 Å². The van der Waals surface area contributed by atoms with Gasteiger partial charge in [0.1, 0.15) is 43.3 Å². The van der Waals surface area contributed by atoms with Crippen molar-refractivity contribution >= 4 is 18.1 Å². The second-order valence-corrected chi connectivity index (χ2v) is 7.75. The number of hydrogen-bond donors (Lipinski definition) is 0. The van der Waals surface area contributed by atoms with Gasteiger partial charge in [-0.05, 0) is 47.4 Å².